The Hall–Kier alpha value is -1.67. The van der Waals surface area contributed by atoms with E-state index >= 15 is 0 Å². The number of carbonyl (C=O) groups is 1. The lowest BCUT2D eigenvalue weighted by Crippen LogP contribution is -2.07. The summed E-state index contributed by atoms with van der Waals surface area (Å²) in [6.45, 7) is 1.94. The van der Waals surface area contributed by atoms with Crippen LogP contribution in [0.15, 0.2) is 34.7 Å². The smallest absolute Gasteiger partial charge is 0.360 e. The first-order valence-electron chi connectivity index (χ1n) is 6.03. The van der Waals surface area contributed by atoms with Gasteiger partial charge < -0.3 is 10.1 Å². The zero-order valence-corrected chi connectivity index (χ0v) is 12.6. The van der Waals surface area contributed by atoms with E-state index in [0.29, 0.717) is 27.3 Å². The quantitative estimate of drug-likeness (QED) is 0.629. The predicted molar refractivity (Wildman–Crippen MR) is 79.7 cm³/mol. The van der Waals surface area contributed by atoms with Crippen LogP contribution in [0.2, 0.25) is 0 Å². The minimum Gasteiger partial charge on any atom is -0.461 e. The van der Waals surface area contributed by atoms with Gasteiger partial charge in [0, 0.05) is 4.90 Å². The molecule has 1 aromatic carbocycles. The summed E-state index contributed by atoms with van der Waals surface area (Å²) in [4.78, 5) is 16.1. The molecule has 1 heterocycles. The van der Waals surface area contributed by atoms with Crippen LogP contribution in [0.3, 0.4) is 0 Å². The summed E-state index contributed by atoms with van der Waals surface area (Å²) >= 11 is 1.65. The van der Waals surface area contributed by atoms with E-state index < -0.39 is 11.7 Å². The number of para-hydroxylation sites is 1. The van der Waals surface area contributed by atoms with Gasteiger partial charge in [0.2, 0.25) is 0 Å². The number of rotatable bonds is 6. The van der Waals surface area contributed by atoms with Gasteiger partial charge in [-0.15, -0.1) is 11.3 Å². The molecule has 2 aromatic rings. The topological polar surface area (TPSA) is 51.2 Å². The van der Waals surface area contributed by atoms with Crippen LogP contribution in [-0.4, -0.2) is 23.3 Å². The summed E-state index contributed by atoms with van der Waals surface area (Å²) in [5, 5.41) is 3.44. The van der Waals surface area contributed by atoms with Crippen molar-refractivity contribution in [3.05, 3.63) is 35.5 Å². The number of benzene rings is 1. The monoisotopic (exact) mass is 330 g/mol. The number of nitrogens with one attached hydrogen (secondary N) is 1. The molecular weight excluding hydrogens is 318 g/mol. The van der Waals surface area contributed by atoms with Crippen molar-refractivity contribution in [2.24, 2.45) is 0 Å². The van der Waals surface area contributed by atoms with Gasteiger partial charge in [0.15, 0.2) is 5.69 Å². The van der Waals surface area contributed by atoms with E-state index in [1.165, 1.54) is 16.8 Å². The molecule has 0 unspecified atom stereocenters. The third-order valence-corrected chi connectivity index (χ3v) is 3.92. The summed E-state index contributed by atoms with van der Waals surface area (Å²) in [7, 11) is 0. The molecule has 0 saturated heterocycles. The molecule has 112 valence electrons. The molecule has 0 aliphatic carbocycles. The number of alkyl halides is 2. The second-order valence-corrected chi connectivity index (χ2v) is 5.64. The van der Waals surface area contributed by atoms with E-state index in [1.54, 1.807) is 31.2 Å². The molecule has 0 saturated carbocycles. The fraction of sp³-hybridized carbons (Fsp3) is 0.231. The van der Waals surface area contributed by atoms with Crippen LogP contribution in [0.5, 0.6) is 0 Å². The standard InChI is InChI=1S/C13H12F2N2O2S2/c1-2-19-12(18)10-11(20-7-16-10)17-8-5-3-4-6-9(8)21-13(14)15/h3-7,13,17H,2H2,1H3. The minimum atomic E-state index is -2.51. The van der Waals surface area contributed by atoms with E-state index in [-0.39, 0.29) is 12.3 Å². The van der Waals surface area contributed by atoms with Gasteiger partial charge in [0.1, 0.15) is 5.00 Å². The van der Waals surface area contributed by atoms with Gasteiger partial charge in [0.05, 0.1) is 17.8 Å². The number of hydrogen-bond acceptors (Lipinski definition) is 6. The Morgan fingerprint density at radius 1 is 1.48 bits per heavy atom. The maximum atomic E-state index is 12.5. The Kier molecular flexibility index (Phi) is 5.51. The number of nitrogens with zero attached hydrogens (tertiary/aromatic N) is 1. The van der Waals surface area contributed by atoms with Gasteiger partial charge in [0.25, 0.3) is 5.76 Å². The third-order valence-electron chi connectivity index (χ3n) is 2.39. The fourth-order valence-corrected chi connectivity index (χ4v) is 2.85. The number of aromatic nitrogens is 1. The van der Waals surface area contributed by atoms with Crippen molar-refractivity contribution in [3.8, 4) is 0 Å². The van der Waals surface area contributed by atoms with Crippen LogP contribution < -0.4 is 5.32 Å². The van der Waals surface area contributed by atoms with Crippen molar-refractivity contribution in [3.63, 3.8) is 0 Å². The molecule has 0 atom stereocenters. The fourth-order valence-electron chi connectivity index (χ4n) is 1.57. The van der Waals surface area contributed by atoms with Gasteiger partial charge in [-0.2, -0.15) is 8.78 Å². The molecule has 0 aliphatic rings. The second kappa shape index (κ2) is 7.37. The van der Waals surface area contributed by atoms with Gasteiger partial charge in [-0.1, -0.05) is 23.9 Å². The lowest BCUT2D eigenvalue weighted by molar-refractivity contribution is 0.0521. The van der Waals surface area contributed by atoms with Crippen molar-refractivity contribution < 1.29 is 18.3 Å². The number of ether oxygens (including phenoxy) is 1. The van der Waals surface area contributed by atoms with E-state index in [2.05, 4.69) is 10.3 Å². The third kappa shape index (κ3) is 4.15. The molecule has 0 radical (unpaired) electrons. The molecular formula is C13H12F2N2O2S2. The van der Waals surface area contributed by atoms with Crippen LogP contribution in [0.1, 0.15) is 17.4 Å². The Bertz CT molecular complexity index is 620. The Balaban J connectivity index is 2.23. The maximum absolute atomic E-state index is 12.5. The Morgan fingerprint density at radius 3 is 2.95 bits per heavy atom. The zero-order chi connectivity index (χ0) is 15.2. The highest BCUT2D eigenvalue weighted by atomic mass is 32.2. The van der Waals surface area contributed by atoms with Crippen molar-refractivity contribution in [2.45, 2.75) is 17.6 Å². The first-order valence-corrected chi connectivity index (χ1v) is 7.79. The summed E-state index contributed by atoms with van der Waals surface area (Å²) in [5.74, 6) is -3.06. The van der Waals surface area contributed by atoms with Crippen molar-refractivity contribution in [2.75, 3.05) is 11.9 Å². The zero-order valence-electron chi connectivity index (χ0n) is 11.0. The minimum absolute atomic E-state index is 0.152. The van der Waals surface area contributed by atoms with Gasteiger partial charge in [-0.25, -0.2) is 9.78 Å². The van der Waals surface area contributed by atoms with E-state index in [9.17, 15) is 13.6 Å². The molecule has 1 N–H and O–H groups in total. The molecule has 8 heteroatoms. The molecule has 0 aliphatic heterocycles. The molecule has 0 fully saturated rings. The normalized spacial score (nSPS) is 10.7. The van der Waals surface area contributed by atoms with Crippen molar-refractivity contribution in [1.29, 1.82) is 0 Å². The number of anilines is 2. The van der Waals surface area contributed by atoms with Crippen LogP contribution in [0.25, 0.3) is 0 Å². The van der Waals surface area contributed by atoms with E-state index in [4.69, 9.17) is 4.74 Å². The summed E-state index contributed by atoms with van der Waals surface area (Å²) in [5.41, 5.74) is 2.15. The molecule has 1 aromatic heterocycles. The lowest BCUT2D eigenvalue weighted by Gasteiger charge is -2.10. The molecule has 0 spiro atoms. The first kappa shape index (κ1) is 15.7. The van der Waals surface area contributed by atoms with E-state index in [1.807, 2.05) is 0 Å². The highest BCUT2D eigenvalue weighted by Crippen LogP contribution is 2.35. The van der Waals surface area contributed by atoms with Crippen LogP contribution in [0, 0.1) is 0 Å². The van der Waals surface area contributed by atoms with Crippen LogP contribution in [-0.2, 0) is 4.74 Å². The lowest BCUT2D eigenvalue weighted by atomic mass is 10.3. The van der Waals surface area contributed by atoms with Crippen molar-refractivity contribution in [1.82, 2.24) is 4.98 Å². The average Bonchev–Trinajstić information content (AvgIpc) is 2.89. The SMILES string of the molecule is CCOC(=O)c1ncsc1Nc1ccccc1SC(F)F. The number of hydrogen-bond donors (Lipinski definition) is 1. The number of thiazole rings is 1. The molecule has 0 amide bonds. The van der Waals surface area contributed by atoms with Crippen LogP contribution >= 0.6 is 23.1 Å². The second-order valence-electron chi connectivity index (χ2n) is 3.75. The largest absolute Gasteiger partial charge is 0.461 e. The van der Waals surface area contributed by atoms with Gasteiger partial charge >= 0.3 is 5.97 Å². The highest BCUT2D eigenvalue weighted by molar-refractivity contribution is 7.99. The molecule has 2 rings (SSSR count). The number of carbonyl (C=O) groups excluding carboxylic acids is 1. The van der Waals surface area contributed by atoms with Gasteiger partial charge in [-0.3, -0.25) is 0 Å². The molecule has 0 bridgehead atoms. The predicted octanol–water partition coefficient (Wildman–Crippen LogP) is 4.38. The first-order chi connectivity index (χ1) is 10.1. The Morgan fingerprint density at radius 2 is 2.24 bits per heavy atom. The number of halogens is 2. The summed E-state index contributed by atoms with van der Waals surface area (Å²) in [6, 6.07) is 6.65. The van der Waals surface area contributed by atoms with Gasteiger partial charge in [-0.05, 0) is 19.1 Å². The number of esters is 1. The maximum Gasteiger partial charge on any atom is 0.360 e. The van der Waals surface area contributed by atoms with E-state index in [0.717, 1.165) is 0 Å². The summed E-state index contributed by atoms with van der Waals surface area (Å²) < 4.78 is 30.0. The summed E-state index contributed by atoms with van der Waals surface area (Å²) in [6.07, 6.45) is 0. The molecule has 21 heavy (non-hydrogen) atoms. The highest BCUT2D eigenvalue weighted by Gasteiger charge is 2.18. The molecule has 4 nitrogen and oxygen atoms in total. The average molecular weight is 330 g/mol. The Labute approximate surface area is 128 Å². The van der Waals surface area contributed by atoms with Crippen molar-refractivity contribution >= 4 is 39.8 Å². The van der Waals surface area contributed by atoms with Crippen LogP contribution in [0.4, 0.5) is 19.5 Å². The number of thioether (sulfide) groups is 1.